The molecule has 1 atom stereocenters. The van der Waals surface area contributed by atoms with Gasteiger partial charge in [-0.2, -0.15) is 0 Å². The third-order valence-electron chi connectivity index (χ3n) is 5.98. The first-order chi connectivity index (χ1) is 18.9. The van der Waals surface area contributed by atoms with Crippen molar-refractivity contribution in [1.29, 1.82) is 0 Å². The lowest BCUT2D eigenvalue weighted by atomic mass is 9.86. The third-order valence-corrected chi connectivity index (χ3v) is 7.72. The van der Waals surface area contributed by atoms with E-state index in [4.69, 9.17) is 16.3 Å². The third kappa shape index (κ3) is 9.27. The summed E-state index contributed by atoms with van der Waals surface area (Å²) in [5.41, 5.74) is 1.34. The lowest BCUT2D eigenvalue weighted by molar-refractivity contribution is -0.135. The maximum atomic E-state index is 13.4. The predicted molar refractivity (Wildman–Crippen MR) is 159 cm³/mol. The second kappa shape index (κ2) is 12.6. The van der Waals surface area contributed by atoms with Crippen molar-refractivity contribution >= 4 is 39.5 Å². The van der Waals surface area contributed by atoms with Gasteiger partial charge in [0.1, 0.15) is 18.0 Å². The summed E-state index contributed by atoms with van der Waals surface area (Å²) in [6.07, 6.45) is -0.653. The number of aliphatic carboxylic acids is 1. The Balaban J connectivity index is 2.04. The van der Waals surface area contributed by atoms with E-state index in [1.54, 1.807) is 32.9 Å². The van der Waals surface area contributed by atoms with Crippen LogP contribution in [0.3, 0.4) is 0 Å². The van der Waals surface area contributed by atoms with Gasteiger partial charge in [-0.25, -0.2) is 22.9 Å². The van der Waals surface area contributed by atoms with E-state index in [2.05, 4.69) is 30.5 Å². The number of carboxylic acid groups (broad SMARTS) is 1. The maximum Gasteiger partial charge on any atom is 0.416 e. The summed E-state index contributed by atoms with van der Waals surface area (Å²) in [6, 6.07) is 17.5. The molecule has 1 amide bonds. The predicted octanol–water partition coefficient (Wildman–Crippen LogP) is 6.12. The second-order valence-electron chi connectivity index (χ2n) is 11.7. The van der Waals surface area contributed by atoms with E-state index < -0.39 is 40.3 Å². The fourth-order valence-electron chi connectivity index (χ4n) is 3.93. The van der Waals surface area contributed by atoms with Gasteiger partial charge in [0.15, 0.2) is 0 Å². The molecule has 0 spiro atoms. The minimum absolute atomic E-state index is 0.0120. The first kappa shape index (κ1) is 32.0. The van der Waals surface area contributed by atoms with E-state index in [0.29, 0.717) is 10.7 Å². The molecule has 3 rings (SSSR count). The molecule has 9 nitrogen and oxygen atoms in total. The van der Waals surface area contributed by atoms with Crippen molar-refractivity contribution in [1.82, 2.24) is 9.71 Å². The summed E-state index contributed by atoms with van der Waals surface area (Å²) in [6.45, 7) is 10.6. The zero-order valence-corrected chi connectivity index (χ0v) is 25.6. The number of carboxylic acids is 1. The van der Waals surface area contributed by atoms with Gasteiger partial charge in [-0.1, -0.05) is 62.7 Å². The lowest BCUT2D eigenvalue weighted by Crippen LogP contribution is -2.40. The molecular formula is C30H36ClN3O6S. The first-order valence-electron chi connectivity index (χ1n) is 13.0. The highest BCUT2D eigenvalue weighted by Gasteiger charge is 2.28. The van der Waals surface area contributed by atoms with Crippen LogP contribution >= 0.6 is 11.6 Å². The Labute approximate surface area is 246 Å². The molecule has 11 heteroatoms. The van der Waals surface area contributed by atoms with Crippen LogP contribution in [0.15, 0.2) is 71.6 Å². The van der Waals surface area contributed by atoms with Crippen molar-refractivity contribution in [2.75, 3.05) is 11.4 Å². The number of carbonyl (C=O) groups is 2. The number of benzene rings is 2. The van der Waals surface area contributed by atoms with E-state index in [1.807, 2.05) is 24.3 Å². The number of pyridine rings is 1. The lowest BCUT2D eigenvalue weighted by Gasteiger charge is -2.26. The highest BCUT2D eigenvalue weighted by molar-refractivity contribution is 7.89. The van der Waals surface area contributed by atoms with E-state index in [1.165, 1.54) is 30.3 Å². The highest BCUT2D eigenvalue weighted by Crippen LogP contribution is 2.27. The molecule has 0 radical (unpaired) electrons. The molecule has 2 aromatic carbocycles. The smallest absolute Gasteiger partial charge is 0.416 e. The number of carbonyl (C=O) groups excluding carboxylic acids is 1. The number of sulfonamides is 1. The Morgan fingerprint density at radius 3 is 2.12 bits per heavy atom. The summed E-state index contributed by atoms with van der Waals surface area (Å²) >= 11 is 5.95. The number of anilines is 1. The van der Waals surface area contributed by atoms with Crippen LogP contribution in [0, 0.1) is 0 Å². The number of ether oxygens (including phenoxy) is 1. The molecule has 0 aliphatic rings. The number of halogens is 1. The van der Waals surface area contributed by atoms with Gasteiger partial charge >= 0.3 is 12.1 Å². The number of aromatic nitrogens is 1. The molecule has 1 aromatic heterocycles. The Morgan fingerprint density at radius 1 is 0.976 bits per heavy atom. The highest BCUT2D eigenvalue weighted by atomic mass is 35.5. The summed E-state index contributed by atoms with van der Waals surface area (Å²) in [5, 5.41) is 9.86. The van der Waals surface area contributed by atoms with Crippen LogP contribution in [0.4, 0.5) is 10.6 Å². The quantitative estimate of drug-likeness (QED) is 0.302. The molecule has 3 aromatic rings. The molecule has 1 heterocycles. The number of rotatable bonds is 9. The standard InChI is InChI=1S/C30H36ClN3O6S/c1-29(2,3)21-12-10-20(11-13-21)18-25(33-41(38,39)23-16-14-22(31)15-17-23)24-8-7-9-26(32-24)34(19-27(35)36)28(37)40-30(4,5)6/h7-17,25,33H,18-19H2,1-6H3,(H,35,36). The summed E-state index contributed by atoms with van der Waals surface area (Å²) in [4.78, 5) is 30.0. The van der Waals surface area contributed by atoms with Gasteiger partial charge in [-0.15, -0.1) is 0 Å². The Hall–Kier alpha value is -3.47. The van der Waals surface area contributed by atoms with E-state index in [0.717, 1.165) is 16.0 Å². The number of hydrogen-bond donors (Lipinski definition) is 2. The SMILES string of the molecule is CC(C)(C)OC(=O)N(CC(=O)O)c1cccc(C(Cc2ccc(C(C)(C)C)cc2)NS(=O)(=O)c2ccc(Cl)cc2)n1. The topological polar surface area (TPSA) is 126 Å². The van der Waals surface area contributed by atoms with Crippen LogP contribution in [-0.2, 0) is 31.4 Å². The monoisotopic (exact) mass is 601 g/mol. The molecular weight excluding hydrogens is 566 g/mol. The minimum Gasteiger partial charge on any atom is -0.480 e. The van der Waals surface area contributed by atoms with Gasteiger partial charge in [-0.3, -0.25) is 9.69 Å². The van der Waals surface area contributed by atoms with E-state index in [9.17, 15) is 23.1 Å². The van der Waals surface area contributed by atoms with Crippen molar-refractivity contribution in [2.24, 2.45) is 0 Å². The second-order valence-corrected chi connectivity index (χ2v) is 13.8. The molecule has 0 fully saturated rings. The van der Waals surface area contributed by atoms with Gasteiger partial charge in [0.05, 0.1) is 16.6 Å². The number of nitrogens with zero attached hydrogens (tertiary/aromatic N) is 2. The average molecular weight is 602 g/mol. The van der Waals surface area contributed by atoms with Crippen LogP contribution in [0.25, 0.3) is 0 Å². The number of hydrogen-bond acceptors (Lipinski definition) is 6. The molecule has 41 heavy (non-hydrogen) atoms. The van der Waals surface area contributed by atoms with Gasteiger partial charge < -0.3 is 9.84 Å². The molecule has 0 saturated heterocycles. The first-order valence-corrected chi connectivity index (χ1v) is 14.9. The fraction of sp³-hybridized carbons (Fsp3) is 0.367. The van der Waals surface area contributed by atoms with Crippen molar-refractivity contribution in [3.05, 3.63) is 88.6 Å². The van der Waals surface area contributed by atoms with Crippen molar-refractivity contribution in [3.63, 3.8) is 0 Å². The van der Waals surface area contributed by atoms with Crippen LogP contribution in [0.2, 0.25) is 5.02 Å². The van der Waals surface area contributed by atoms with Gasteiger partial charge in [-0.05, 0) is 80.1 Å². The number of nitrogens with one attached hydrogen (secondary N) is 1. The molecule has 0 aliphatic heterocycles. The van der Waals surface area contributed by atoms with Crippen molar-refractivity contribution in [2.45, 2.75) is 69.9 Å². The fourth-order valence-corrected chi connectivity index (χ4v) is 5.26. The Morgan fingerprint density at radius 2 is 1.59 bits per heavy atom. The largest absolute Gasteiger partial charge is 0.480 e. The minimum atomic E-state index is -4.02. The van der Waals surface area contributed by atoms with Crippen LogP contribution in [0.1, 0.15) is 64.4 Å². The van der Waals surface area contributed by atoms with Crippen LogP contribution in [-0.4, -0.2) is 42.7 Å². The van der Waals surface area contributed by atoms with Gasteiger partial charge in [0, 0.05) is 5.02 Å². The van der Waals surface area contributed by atoms with Crippen molar-refractivity contribution in [3.8, 4) is 0 Å². The summed E-state index contributed by atoms with van der Waals surface area (Å²) in [7, 11) is -4.02. The summed E-state index contributed by atoms with van der Waals surface area (Å²) in [5.74, 6) is -1.25. The zero-order valence-electron chi connectivity index (χ0n) is 24.0. The average Bonchev–Trinajstić information content (AvgIpc) is 2.86. The number of amides is 1. The molecule has 0 aliphatic carbocycles. The summed E-state index contributed by atoms with van der Waals surface area (Å²) < 4.78 is 34.9. The molecule has 2 N–H and O–H groups in total. The molecule has 0 saturated carbocycles. The molecule has 0 bridgehead atoms. The molecule has 220 valence electrons. The van der Waals surface area contributed by atoms with E-state index >= 15 is 0 Å². The Kier molecular flexibility index (Phi) is 9.84. The maximum absolute atomic E-state index is 13.4. The molecule has 1 unspecified atom stereocenters. The normalized spacial score (nSPS) is 13.0. The van der Waals surface area contributed by atoms with E-state index in [-0.39, 0.29) is 22.5 Å². The van der Waals surface area contributed by atoms with Crippen LogP contribution in [0.5, 0.6) is 0 Å². The zero-order chi connectivity index (χ0) is 30.6. The van der Waals surface area contributed by atoms with Crippen LogP contribution < -0.4 is 9.62 Å². The van der Waals surface area contributed by atoms with Crippen molar-refractivity contribution < 1.29 is 27.9 Å². The Bertz CT molecular complexity index is 1480. The van der Waals surface area contributed by atoms with Gasteiger partial charge in [0.25, 0.3) is 0 Å². The van der Waals surface area contributed by atoms with Gasteiger partial charge in [0.2, 0.25) is 10.0 Å².